The van der Waals surface area contributed by atoms with Crippen molar-refractivity contribution in [3.63, 3.8) is 0 Å². The summed E-state index contributed by atoms with van der Waals surface area (Å²) >= 11 is 5.95. The third kappa shape index (κ3) is 1.98. The van der Waals surface area contributed by atoms with Crippen LogP contribution in [0.1, 0.15) is 19.5 Å². The molecule has 0 unspecified atom stereocenters. The van der Waals surface area contributed by atoms with Crippen LogP contribution in [0.25, 0.3) is 10.9 Å². The molecule has 0 amide bonds. The molecule has 0 atom stereocenters. The Bertz CT molecular complexity index is 542. The van der Waals surface area contributed by atoms with Crippen molar-refractivity contribution in [1.82, 2.24) is 4.57 Å². The second-order valence-electron chi connectivity index (χ2n) is 3.96. The number of carbonyl (C=O) groups excluding carboxylic acids is 1. The molecule has 2 rings (SSSR count). The number of hydrogen-bond acceptors (Lipinski definition) is 1. The van der Waals surface area contributed by atoms with Crippen LogP contribution in [0, 0.1) is 0 Å². The molecule has 0 saturated carbocycles. The van der Waals surface area contributed by atoms with Gasteiger partial charge in [0.15, 0.2) is 0 Å². The summed E-state index contributed by atoms with van der Waals surface area (Å²) in [4.78, 5) is 11.2. The van der Waals surface area contributed by atoms with Crippen molar-refractivity contribution >= 4 is 28.3 Å². The minimum Gasteiger partial charge on any atom is -0.344 e. The van der Waals surface area contributed by atoms with Gasteiger partial charge in [0.1, 0.15) is 5.78 Å². The van der Waals surface area contributed by atoms with Crippen LogP contribution in [0.4, 0.5) is 0 Å². The zero-order valence-corrected chi connectivity index (χ0v) is 10.2. The third-order valence-electron chi connectivity index (χ3n) is 2.70. The normalized spacial score (nSPS) is 10.9. The van der Waals surface area contributed by atoms with E-state index in [2.05, 4.69) is 11.5 Å². The molecule has 0 aliphatic rings. The average molecular weight is 236 g/mol. The summed E-state index contributed by atoms with van der Waals surface area (Å²) in [6.07, 6.45) is 0.486. The molecule has 0 bridgehead atoms. The number of halogens is 1. The molecule has 16 heavy (non-hydrogen) atoms. The molecule has 1 heterocycles. The fraction of sp³-hybridized carbons (Fsp3) is 0.308. The van der Waals surface area contributed by atoms with E-state index < -0.39 is 0 Å². The Hall–Kier alpha value is -1.28. The van der Waals surface area contributed by atoms with Gasteiger partial charge in [0.25, 0.3) is 0 Å². The second kappa shape index (κ2) is 4.30. The molecule has 2 aromatic rings. The van der Waals surface area contributed by atoms with Crippen molar-refractivity contribution in [3.05, 3.63) is 35.0 Å². The van der Waals surface area contributed by atoms with Crippen molar-refractivity contribution < 1.29 is 4.79 Å². The molecule has 2 nitrogen and oxygen atoms in total. The van der Waals surface area contributed by atoms with E-state index in [0.29, 0.717) is 6.42 Å². The van der Waals surface area contributed by atoms with Gasteiger partial charge in [0, 0.05) is 34.6 Å². The maximum Gasteiger partial charge on any atom is 0.135 e. The van der Waals surface area contributed by atoms with Gasteiger partial charge >= 0.3 is 0 Å². The summed E-state index contributed by atoms with van der Waals surface area (Å²) in [5, 5.41) is 1.83. The summed E-state index contributed by atoms with van der Waals surface area (Å²) < 4.78 is 2.16. The number of aromatic nitrogens is 1. The SMILES string of the molecule is CCn1c(CC(C)=O)cc2cc(Cl)ccc21. The highest BCUT2D eigenvalue weighted by atomic mass is 35.5. The third-order valence-corrected chi connectivity index (χ3v) is 2.93. The van der Waals surface area contributed by atoms with Crippen LogP contribution in [0.15, 0.2) is 24.3 Å². The first kappa shape index (κ1) is 11.2. The first-order chi connectivity index (χ1) is 7.61. The van der Waals surface area contributed by atoms with E-state index in [4.69, 9.17) is 11.6 Å². The van der Waals surface area contributed by atoms with Crippen LogP contribution in [0.5, 0.6) is 0 Å². The number of carbonyl (C=O) groups is 1. The minimum atomic E-state index is 0.184. The van der Waals surface area contributed by atoms with Gasteiger partial charge in [0.05, 0.1) is 0 Å². The van der Waals surface area contributed by atoms with Crippen molar-refractivity contribution in [3.8, 4) is 0 Å². The Kier molecular flexibility index (Phi) is 3.01. The molecule has 1 aromatic carbocycles. The Morgan fingerprint density at radius 3 is 2.75 bits per heavy atom. The number of Topliss-reactive ketones (excluding diaryl/α,β-unsaturated/α-hetero) is 1. The summed E-state index contributed by atoms with van der Waals surface area (Å²) in [5.41, 5.74) is 2.20. The number of ketones is 1. The summed E-state index contributed by atoms with van der Waals surface area (Å²) in [5.74, 6) is 0.184. The smallest absolute Gasteiger partial charge is 0.135 e. The van der Waals surface area contributed by atoms with E-state index >= 15 is 0 Å². The van der Waals surface area contributed by atoms with Crippen LogP contribution in [-0.2, 0) is 17.8 Å². The number of aryl methyl sites for hydroxylation is 1. The van der Waals surface area contributed by atoms with Crippen molar-refractivity contribution in [2.24, 2.45) is 0 Å². The summed E-state index contributed by atoms with van der Waals surface area (Å²) in [6, 6.07) is 7.87. The second-order valence-corrected chi connectivity index (χ2v) is 4.40. The molecule has 0 radical (unpaired) electrons. The van der Waals surface area contributed by atoms with E-state index in [1.807, 2.05) is 24.3 Å². The Balaban J connectivity index is 2.61. The summed E-state index contributed by atoms with van der Waals surface area (Å²) in [6.45, 7) is 4.57. The lowest BCUT2D eigenvalue weighted by molar-refractivity contribution is -0.116. The molecule has 1 aromatic heterocycles. The largest absolute Gasteiger partial charge is 0.344 e. The van der Waals surface area contributed by atoms with Crippen LogP contribution < -0.4 is 0 Å². The van der Waals surface area contributed by atoms with Gasteiger partial charge in [-0.1, -0.05) is 11.6 Å². The highest BCUT2D eigenvalue weighted by molar-refractivity contribution is 6.31. The Morgan fingerprint density at radius 1 is 1.38 bits per heavy atom. The quantitative estimate of drug-likeness (QED) is 0.799. The number of rotatable bonds is 3. The Morgan fingerprint density at radius 2 is 2.12 bits per heavy atom. The highest BCUT2D eigenvalue weighted by Crippen LogP contribution is 2.23. The molecule has 0 spiro atoms. The number of benzene rings is 1. The topological polar surface area (TPSA) is 22.0 Å². The predicted molar refractivity (Wildman–Crippen MR) is 67.0 cm³/mol. The lowest BCUT2D eigenvalue weighted by Crippen LogP contribution is -2.04. The van der Waals surface area contributed by atoms with E-state index in [1.165, 1.54) is 0 Å². The first-order valence-corrected chi connectivity index (χ1v) is 5.76. The molecule has 84 valence electrons. The molecule has 0 fully saturated rings. The minimum absolute atomic E-state index is 0.184. The molecular weight excluding hydrogens is 222 g/mol. The van der Waals surface area contributed by atoms with E-state index in [-0.39, 0.29) is 5.78 Å². The zero-order valence-electron chi connectivity index (χ0n) is 9.46. The fourth-order valence-corrected chi connectivity index (χ4v) is 2.25. The molecule has 0 saturated heterocycles. The highest BCUT2D eigenvalue weighted by Gasteiger charge is 2.09. The number of hydrogen-bond donors (Lipinski definition) is 0. The van der Waals surface area contributed by atoms with Gasteiger partial charge < -0.3 is 4.57 Å². The van der Waals surface area contributed by atoms with Crippen molar-refractivity contribution in [2.45, 2.75) is 26.8 Å². The van der Waals surface area contributed by atoms with Gasteiger partial charge in [-0.2, -0.15) is 0 Å². The lowest BCUT2D eigenvalue weighted by atomic mass is 10.2. The van der Waals surface area contributed by atoms with Gasteiger partial charge in [-0.25, -0.2) is 0 Å². The number of nitrogens with zero attached hydrogens (tertiary/aromatic N) is 1. The Labute approximate surface area is 99.8 Å². The fourth-order valence-electron chi connectivity index (χ4n) is 2.07. The summed E-state index contributed by atoms with van der Waals surface area (Å²) in [7, 11) is 0. The standard InChI is InChI=1S/C13H14ClNO/c1-3-15-12(6-9(2)16)8-10-7-11(14)4-5-13(10)15/h4-5,7-8H,3,6H2,1-2H3. The van der Waals surface area contributed by atoms with Crippen LogP contribution >= 0.6 is 11.6 Å². The van der Waals surface area contributed by atoms with Crippen LogP contribution in [-0.4, -0.2) is 10.4 Å². The monoisotopic (exact) mass is 235 g/mol. The van der Waals surface area contributed by atoms with Crippen LogP contribution in [0.2, 0.25) is 5.02 Å². The van der Waals surface area contributed by atoms with Crippen molar-refractivity contribution in [2.75, 3.05) is 0 Å². The van der Waals surface area contributed by atoms with Gasteiger partial charge in [-0.05, 0) is 38.1 Å². The van der Waals surface area contributed by atoms with E-state index in [9.17, 15) is 4.79 Å². The number of fused-ring (bicyclic) bond motifs is 1. The van der Waals surface area contributed by atoms with Crippen LogP contribution in [0.3, 0.4) is 0 Å². The van der Waals surface area contributed by atoms with Crippen molar-refractivity contribution in [1.29, 1.82) is 0 Å². The van der Waals surface area contributed by atoms with Gasteiger partial charge in [-0.3, -0.25) is 4.79 Å². The lowest BCUT2D eigenvalue weighted by Gasteiger charge is -2.06. The average Bonchev–Trinajstić information content (AvgIpc) is 2.52. The molecule has 3 heteroatoms. The maximum absolute atomic E-state index is 11.2. The predicted octanol–water partition coefficient (Wildman–Crippen LogP) is 3.45. The molecule has 0 N–H and O–H groups in total. The maximum atomic E-state index is 11.2. The zero-order chi connectivity index (χ0) is 11.7. The van der Waals surface area contributed by atoms with Gasteiger partial charge in [0.2, 0.25) is 0 Å². The molecular formula is C13H14ClNO. The first-order valence-electron chi connectivity index (χ1n) is 5.39. The van der Waals surface area contributed by atoms with Gasteiger partial charge in [-0.15, -0.1) is 0 Å². The van der Waals surface area contributed by atoms with E-state index in [1.54, 1.807) is 6.92 Å². The molecule has 0 aliphatic carbocycles. The molecule has 0 aliphatic heterocycles. The van der Waals surface area contributed by atoms with E-state index in [0.717, 1.165) is 28.2 Å².